The number of aromatic amines is 4. The molecule has 1 aliphatic rings. The molecule has 8 aromatic carbocycles. The molecule has 504 valence electrons. The van der Waals surface area contributed by atoms with E-state index in [0.717, 1.165) is 89.7 Å². The number of para-hydroxylation sites is 8. The van der Waals surface area contributed by atoms with Crippen LogP contribution in [0.4, 0.5) is 4.79 Å². The number of carbonyl (C=O) groups excluding carboxylic acids is 2. The molecule has 3 amide bonds. The third-order valence-corrected chi connectivity index (χ3v) is 17.8. The maximum absolute atomic E-state index is 12.3. The van der Waals surface area contributed by atoms with Crippen molar-refractivity contribution in [1.82, 2.24) is 60.7 Å². The summed E-state index contributed by atoms with van der Waals surface area (Å²) in [6.45, 7) is 6.74. The number of nitrogens with one attached hydrogen (secondary N) is 7. The minimum atomic E-state index is -0.823. The van der Waals surface area contributed by atoms with Crippen LogP contribution in [0.5, 0.6) is 0 Å². The number of rotatable bonds is 19. The lowest BCUT2D eigenvalue weighted by molar-refractivity contribution is -0.141. The fourth-order valence-electron chi connectivity index (χ4n) is 10.4. The Hall–Kier alpha value is -7.95. The van der Waals surface area contributed by atoms with E-state index in [-0.39, 0.29) is 29.9 Å². The first-order valence-electron chi connectivity index (χ1n) is 30.9. The van der Waals surface area contributed by atoms with E-state index in [9.17, 15) is 14.4 Å². The van der Waals surface area contributed by atoms with Crippen LogP contribution in [-0.4, -0.2) is 93.0 Å². The number of hydrogen-bond acceptors (Lipinski definition) is 10. The molecule has 1 fully saturated rings. The molecule has 1 saturated heterocycles. The molecule has 0 bridgehead atoms. The lowest BCUT2D eigenvalue weighted by Gasteiger charge is -2.13. The van der Waals surface area contributed by atoms with Crippen molar-refractivity contribution < 1.29 is 19.5 Å². The predicted octanol–water partition coefficient (Wildman–Crippen LogP) is 16.2. The second-order valence-corrected chi connectivity index (χ2v) is 26.4. The van der Waals surface area contributed by atoms with Gasteiger partial charge in [-0.2, -0.15) is 0 Å². The maximum Gasteiger partial charge on any atom is 0.318 e. The Kier molecular flexibility index (Phi) is 26.8. The number of carboxylic acid groups (broad SMARTS) is 1. The second kappa shape index (κ2) is 35.5. The summed E-state index contributed by atoms with van der Waals surface area (Å²) in [5, 5.41) is 22.7. The molecule has 13 rings (SSSR count). The Morgan fingerprint density at radius 3 is 1.34 bits per heavy atom. The number of urea groups is 1. The van der Waals surface area contributed by atoms with E-state index in [1.165, 1.54) is 0 Å². The molecule has 0 spiro atoms. The first-order valence-corrected chi connectivity index (χ1v) is 33.9. The highest BCUT2D eigenvalue weighted by Crippen LogP contribution is 2.28. The smallest absolute Gasteiger partial charge is 0.318 e. The third-order valence-electron chi connectivity index (χ3n) is 15.4. The minimum absolute atomic E-state index is 0.00977. The summed E-state index contributed by atoms with van der Waals surface area (Å²) < 4.78 is 0. The van der Waals surface area contributed by atoms with Gasteiger partial charge in [-0.3, -0.25) is 9.59 Å². The van der Waals surface area contributed by atoms with Crippen molar-refractivity contribution in [3.05, 3.63) is 256 Å². The predicted molar refractivity (Wildman–Crippen MR) is 393 cm³/mol. The van der Waals surface area contributed by atoms with E-state index >= 15 is 0 Å². The monoisotopic (exact) mass is 1460 g/mol. The zero-order valence-corrected chi connectivity index (χ0v) is 58.7. The number of halogens is 8. The van der Waals surface area contributed by atoms with Crippen LogP contribution in [0.25, 0.3) is 44.1 Å². The van der Waals surface area contributed by atoms with Gasteiger partial charge in [0.05, 0.1) is 82.3 Å². The molecule has 5 heterocycles. The minimum Gasteiger partial charge on any atom is -0.481 e. The summed E-state index contributed by atoms with van der Waals surface area (Å²) in [4.78, 5) is 67.5. The average Bonchev–Trinajstić information content (AvgIpc) is 1.70. The largest absolute Gasteiger partial charge is 0.481 e. The van der Waals surface area contributed by atoms with Gasteiger partial charge in [-0.1, -0.05) is 179 Å². The van der Waals surface area contributed by atoms with Gasteiger partial charge in [-0.25, -0.2) is 24.7 Å². The van der Waals surface area contributed by atoms with E-state index in [1.54, 1.807) is 54.3 Å². The van der Waals surface area contributed by atoms with Crippen molar-refractivity contribution in [2.45, 2.75) is 77.8 Å². The summed E-state index contributed by atoms with van der Waals surface area (Å²) >= 11 is 47.9. The van der Waals surface area contributed by atoms with E-state index in [2.05, 4.69) is 55.8 Å². The number of aliphatic carboxylic acids is 1. The molecule has 0 radical (unpaired) electrons. The topological polar surface area (TPSA) is 278 Å². The molecule has 26 heteroatoms. The number of nitrogens with zero attached hydrogens (tertiary/aromatic N) is 5. The summed E-state index contributed by atoms with van der Waals surface area (Å²) in [7, 11) is 0. The number of carboxylic acids is 1. The summed E-state index contributed by atoms with van der Waals surface area (Å²) in [5.41, 5.74) is 23.1. The third kappa shape index (κ3) is 21.8. The maximum atomic E-state index is 12.3. The Morgan fingerprint density at radius 1 is 0.526 bits per heavy atom. The summed E-state index contributed by atoms with van der Waals surface area (Å²) in [5.74, 6) is 1.76. The molecule has 4 atom stereocenters. The first-order chi connectivity index (χ1) is 46.6. The van der Waals surface area contributed by atoms with Crippen molar-refractivity contribution in [1.29, 1.82) is 0 Å². The zero-order chi connectivity index (χ0) is 69.1. The summed E-state index contributed by atoms with van der Waals surface area (Å²) in [6, 6.07) is 52.7. The number of H-pyrrole nitrogens is 4. The van der Waals surface area contributed by atoms with Crippen LogP contribution in [0.1, 0.15) is 59.4 Å². The van der Waals surface area contributed by atoms with Gasteiger partial charge in [0.1, 0.15) is 23.3 Å². The van der Waals surface area contributed by atoms with Gasteiger partial charge in [-0.15, -0.1) is 0 Å². The number of benzene rings is 8. The quantitative estimate of drug-likeness (QED) is 0.0363. The van der Waals surface area contributed by atoms with Crippen molar-refractivity contribution in [3.8, 4) is 0 Å². The van der Waals surface area contributed by atoms with Crippen LogP contribution in [0.2, 0.25) is 40.2 Å². The van der Waals surface area contributed by atoms with Gasteiger partial charge in [0.25, 0.3) is 0 Å². The Bertz CT molecular complexity index is 4510. The molecule has 0 saturated carbocycles. The van der Waals surface area contributed by atoms with E-state index in [4.69, 9.17) is 109 Å². The van der Waals surface area contributed by atoms with Crippen LogP contribution in [0.15, 0.2) is 170 Å². The van der Waals surface area contributed by atoms with Crippen LogP contribution >= 0.6 is 92.8 Å². The fraction of sp³-hybridized carbons (Fsp3) is 0.225. The van der Waals surface area contributed by atoms with Gasteiger partial charge in [-0.05, 0) is 145 Å². The number of amides is 3. The van der Waals surface area contributed by atoms with E-state index in [1.807, 2.05) is 134 Å². The van der Waals surface area contributed by atoms with Crippen molar-refractivity contribution in [2.75, 3.05) is 13.1 Å². The number of hydrogen-bond donors (Lipinski definition) is 10. The zero-order valence-electron chi connectivity index (χ0n) is 52.6. The molecule has 0 aliphatic carbocycles. The molecule has 1 aliphatic heterocycles. The number of carbonyl (C=O) groups is 3. The highest BCUT2D eigenvalue weighted by Gasteiger charge is 2.30. The van der Waals surface area contributed by atoms with Gasteiger partial charge in [0.2, 0.25) is 5.91 Å². The lowest BCUT2D eigenvalue weighted by atomic mass is 10.0. The molecule has 12 N–H and O–H groups in total. The van der Waals surface area contributed by atoms with Crippen molar-refractivity contribution in [3.63, 3.8) is 0 Å². The van der Waals surface area contributed by atoms with Gasteiger partial charge in [0.15, 0.2) is 0 Å². The van der Waals surface area contributed by atoms with E-state index < -0.39 is 11.9 Å². The van der Waals surface area contributed by atoms with Crippen LogP contribution < -0.4 is 27.4 Å². The van der Waals surface area contributed by atoms with Crippen molar-refractivity contribution >= 4 is 155 Å². The Labute approximate surface area is 600 Å². The van der Waals surface area contributed by atoms with E-state index in [0.29, 0.717) is 105 Å². The lowest BCUT2D eigenvalue weighted by Crippen LogP contribution is -2.35. The van der Waals surface area contributed by atoms with Gasteiger partial charge >= 0.3 is 12.0 Å². The van der Waals surface area contributed by atoms with Crippen LogP contribution in [0.3, 0.4) is 0 Å². The molecular weight excluding hydrogens is 1400 g/mol. The fourth-order valence-corrected chi connectivity index (χ4v) is 12.3. The first kappa shape index (κ1) is 73.3. The normalized spacial score (nSPS) is 13.5. The Morgan fingerprint density at radius 2 is 0.907 bits per heavy atom. The molecule has 4 aromatic heterocycles. The average molecular weight is 1470 g/mol. The molecule has 97 heavy (non-hydrogen) atoms. The SMILES string of the molecule is C[C@@H](Cc1ccc(Cl)cc1Cl)C(=O)NCc1nc2ccccc2[nH]1.C[C@@H](Cc1ccc(Cl)cc1Cl)C(=O)O.NCc1nc2ccccc2[nH]1.N[C@H](CNCc1nc2ccccc2[nH]1)Cc1ccc(Cl)cc1Cl.O=C1N[C@@H](Cc2ccc(Cl)cc2Cl)CN1Cc1nc2ccccc2[nH]1. The number of fused-ring (bicyclic) bond motifs is 4. The number of imidazole rings is 4. The number of nitrogens with two attached hydrogens (primary N) is 2. The molecule has 12 aromatic rings. The highest BCUT2D eigenvalue weighted by atomic mass is 35.5. The van der Waals surface area contributed by atoms with Gasteiger partial charge in [0, 0.05) is 65.2 Å². The molecule has 0 unspecified atom stereocenters. The van der Waals surface area contributed by atoms with Crippen LogP contribution in [-0.2, 0) is 61.5 Å². The Balaban J connectivity index is 0.000000146. The second-order valence-electron chi connectivity index (χ2n) is 23.0. The highest BCUT2D eigenvalue weighted by molar-refractivity contribution is 6.36. The molecule has 18 nitrogen and oxygen atoms in total. The number of aromatic nitrogens is 8. The van der Waals surface area contributed by atoms with Crippen LogP contribution in [0, 0.1) is 11.8 Å². The van der Waals surface area contributed by atoms with Gasteiger partial charge < -0.3 is 57.4 Å². The molecular formula is C71H70Cl8N14O4. The standard InChI is InChI=1S/C18H16Cl2N4O.C18H17Cl2N3O.C17H18Cl2N4.C10H10Cl2O2.C8H9N3/c19-12-6-5-11(14(20)8-12)7-13-9-24(18(25)21-13)10-17-22-15-3-1-2-4-16(15)23-17;1-11(8-12-6-7-13(19)9-14(12)20)18(24)21-10-17-22-15-4-2-3-5-16(15)23-17;18-12-6-5-11(14(19)8-12)7-13(20)9-21-10-17-22-15-3-1-2-4-16(15)23-17;1-6(10(13)14)4-7-2-3-8(11)5-9(7)12;9-5-8-10-6-3-1-2-4-7(6)11-8/h1-6,8,13H,7,9-10H2,(H,21,25)(H,22,23);2-7,9,11H,8,10H2,1H3,(H,21,24)(H,22,23);1-6,8,13,21H,7,9-10,20H2,(H,22,23);2-3,5-6H,4H2,1H3,(H,13,14);1-4H,5,9H2,(H,10,11)/t13-;11-;13-;6-;/m0000./s1. The van der Waals surface area contributed by atoms with Crippen molar-refractivity contribution in [2.24, 2.45) is 23.3 Å². The summed E-state index contributed by atoms with van der Waals surface area (Å²) in [6.07, 6.45) is 2.34.